The highest BCUT2D eigenvalue weighted by atomic mass is 16.5. The van der Waals surface area contributed by atoms with Crippen LogP contribution in [-0.2, 0) is 0 Å². The molecule has 1 aromatic rings. The summed E-state index contributed by atoms with van der Waals surface area (Å²) in [6, 6.07) is 11.1. The normalized spacial score (nSPS) is 9.19. The van der Waals surface area contributed by atoms with Gasteiger partial charge in [-0.15, -0.1) is 0 Å². The number of ether oxygens (including phenoxy) is 1. The van der Waals surface area contributed by atoms with E-state index in [4.69, 9.17) is 15.3 Å². The first-order chi connectivity index (χ1) is 7.81. The van der Waals surface area contributed by atoms with Crippen LogP contribution >= 0.6 is 0 Å². The fourth-order valence-corrected chi connectivity index (χ4v) is 1.15. The van der Waals surface area contributed by atoms with Gasteiger partial charge in [0.15, 0.2) is 0 Å². The molecular formula is C13H10N2O. The maximum atomic E-state index is 8.52. The summed E-state index contributed by atoms with van der Waals surface area (Å²) in [5.74, 6) is 0.752. The minimum atomic E-state index is 0.0751. The van der Waals surface area contributed by atoms with E-state index in [-0.39, 0.29) is 5.57 Å². The summed E-state index contributed by atoms with van der Waals surface area (Å²) in [5, 5.41) is 17.0. The molecule has 0 saturated heterocycles. The third-order valence-electron chi connectivity index (χ3n) is 1.92. The largest absolute Gasteiger partial charge is 0.496 e. The molecule has 3 heteroatoms. The van der Waals surface area contributed by atoms with Crippen LogP contribution in [0.1, 0.15) is 5.56 Å². The van der Waals surface area contributed by atoms with Gasteiger partial charge in [0.25, 0.3) is 0 Å². The Morgan fingerprint density at radius 1 is 1.25 bits per heavy atom. The van der Waals surface area contributed by atoms with Crippen LogP contribution in [0.15, 0.2) is 42.0 Å². The first-order valence-electron chi connectivity index (χ1n) is 4.63. The first kappa shape index (κ1) is 11.6. The number of methoxy groups -OCH3 is 1. The van der Waals surface area contributed by atoms with Gasteiger partial charge < -0.3 is 4.74 Å². The fraction of sp³-hybridized carbons (Fsp3) is 0.0769. The van der Waals surface area contributed by atoms with Crippen molar-refractivity contribution in [2.75, 3.05) is 7.11 Å². The van der Waals surface area contributed by atoms with Crippen molar-refractivity contribution in [3.05, 3.63) is 47.6 Å². The molecule has 0 aliphatic heterocycles. The molecule has 16 heavy (non-hydrogen) atoms. The number of hydrogen-bond acceptors (Lipinski definition) is 3. The number of rotatable bonds is 3. The highest BCUT2D eigenvalue weighted by molar-refractivity contribution is 5.59. The highest BCUT2D eigenvalue weighted by Crippen LogP contribution is 2.18. The molecule has 0 fully saturated rings. The number of allylic oxidation sites excluding steroid dienone is 3. The van der Waals surface area contributed by atoms with E-state index in [1.807, 2.05) is 24.3 Å². The van der Waals surface area contributed by atoms with Gasteiger partial charge in [-0.2, -0.15) is 10.5 Å². The Morgan fingerprint density at radius 2 is 1.94 bits per heavy atom. The number of para-hydroxylation sites is 1. The maximum Gasteiger partial charge on any atom is 0.129 e. The van der Waals surface area contributed by atoms with Gasteiger partial charge >= 0.3 is 0 Å². The Bertz CT molecular complexity index is 485. The Kier molecular flexibility index (Phi) is 4.37. The van der Waals surface area contributed by atoms with Crippen molar-refractivity contribution in [1.29, 1.82) is 10.5 Å². The maximum absolute atomic E-state index is 8.52. The highest BCUT2D eigenvalue weighted by Gasteiger charge is 1.95. The lowest BCUT2D eigenvalue weighted by Gasteiger charge is -2.02. The zero-order chi connectivity index (χ0) is 11.8. The van der Waals surface area contributed by atoms with Gasteiger partial charge in [0.05, 0.1) is 7.11 Å². The van der Waals surface area contributed by atoms with E-state index >= 15 is 0 Å². The minimum Gasteiger partial charge on any atom is -0.496 e. The lowest BCUT2D eigenvalue weighted by Crippen LogP contribution is -1.85. The Labute approximate surface area is 94.5 Å². The van der Waals surface area contributed by atoms with Crippen LogP contribution in [0.2, 0.25) is 0 Å². The second kappa shape index (κ2) is 6.06. The van der Waals surface area contributed by atoms with Gasteiger partial charge in [0, 0.05) is 5.56 Å². The van der Waals surface area contributed by atoms with Gasteiger partial charge in [-0.25, -0.2) is 0 Å². The second-order valence-corrected chi connectivity index (χ2v) is 2.91. The van der Waals surface area contributed by atoms with Crippen LogP contribution < -0.4 is 4.74 Å². The van der Waals surface area contributed by atoms with Gasteiger partial charge in [0.1, 0.15) is 23.5 Å². The molecule has 0 aromatic heterocycles. The van der Waals surface area contributed by atoms with Crippen LogP contribution in [0, 0.1) is 22.7 Å². The molecule has 0 N–H and O–H groups in total. The van der Waals surface area contributed by atoms with Crippen molar-refractivity contribution >= 4 is 6.08 Å². The van der Waals surface area contributed by atoms with Crippen LogP contribution in [-0.4, -0.2) is 7.11 Å². The lowest BCUT2D eigenvalue weighted by atomic mass is 10.2. The van der Waals surface area contributed by atoms with E-state index < -0.39 is 0 Å². The summed E-state index contributed by atoms with van der Waals surface area (Å²) in [5.41, 5.74) is 0.975. The summed E-state index contributed by atoms with van der Waals surface area (Å²) >= 11 is 0. The van der Waals surface area contributed by atoms with E-state index in [0.717, 1.165) is 11.3 Å². The molecule has 1 aromatic carbocycles. The average Bonchev–Trinajstić information content (AvgIpc) is 2.35. The number of hydrogen-bond donors (Lipinski definition) is 0. The molecule has 0 amide bonds. The second-order valence-electron chi connectivity index (χ2n) is 2.91. The Morgan fingerprint density at radius 3 is 2.56 bits per heavy atom. The van der Waals surface area contributed by atoms with Crippen LogP contribution in [0.5, 0.6) is 5.75 Å². The molecule has 0 saturated carbocycles. The molecular weight excluding hydrogens is 200 g/mol. The van der Waals surface area contributed by atoms with Gasteiger partial charge in [-0.1, -0.05) is 30.4 Å². The summed E-state index contributed by atoms with van der Waals surface area (Å²) in [4.78, 5) is 0. The van der Waals surface area contributed by atoms with Crippen LogP contribution in [0.25, 0.3) is 6.08 Å². The Balaban J connectivity index is 2.90. The van der Waals surface area contributed by atoms with Gasteiger partial charge in [0.2, 0.25) is 0 Å². The van der Waals surface area contributed by atoms with E-state index in [1.165, 1.54) is 6.08 Å². The summed E-state index contributed by atoms with van der Waals surface area (Å²) < 4.78 is 5.15. The summed E-state index contributed by atoms with van der Waals surface area (Å²) in [6.45, 7) is 0. The van der Waals surface area contributed by atoms with E-state index in [0.29, 0.717) is 0 Å². The van der Waals surface area contributed by atoms with Crippen molar-refractivity contribution in [1.82, 2.24) is 0 Å². The molecule has 0 atom stereocenters. The summed E-state index contributed by atoms with van der Waals surface area (Å²) in [6.07, 6.45) is 4.90. The third-order valence-corrected chi connectivity index (χ3v) is 1.92. The first-order valence-corrected chi connectivity index (χ1v) is 4.63. The number of nitriles is 2. The van der Waals surface area contributed by atoms with Gasteiger partial charge in [-0.3, -0.25) is 0 Å². The number of benzene rings is 1. The van der Waals surface area contributed by atoms with Crippen molar-refractivity contribution < 1.29 is 4.74 Å². The molecule has 0 aliphatic carbocycles. The quantitative estimate of drug-likeness (QED) is 0.569. The third kappa shape index (κ3) is 3.01. The number of nitrogens with zero attached hydrogens (tertiary/aromatic N) is 2. The smallest absolute Gasteiger partial charge is 0.129 e. The predicted octanol–water partition coefficient (Wildman–Crippen LogP) is 2.68. The molecule has 0 unspecified atom stereocenters. The van der Waals surface area contributed by atoms with Crippen molar-refractivity contribution in [2.45, 2.75) is 0 Å². The van der Waals surface area contributed by atoms with Crippen molar-refractivity contribution in [3.63, 3.8) is 0 Å². The zero-order valence-corrected chi connectivity index (χ0v) is 8.84. The van der Waals surface area contributed by atoms with E-state index in [9.17, 15) is 0 Å². The zero-order valence-electron chi connectivity index (χ0n) is 8.84. The lowest BCUT2D eigenvalue weighted by molar-refractivity contribution is 0.414. The monoisotopic (exact) mass is 210 g/mol. The molecule has 0 bridgehead atoms. The van der Waals surface area contributed by atoms with Crippen LogP contribution in [0.3, 0.4) is 0 Å². The molecule has 78 valence electrons. The average molecular weight is 210 g/mol. The molecule has 0 spiro atoms. The fourth-order valence-electron chi connectivity index (χ4n) is 1.15. The molecule has 1 rings (SSSR count). The molecule has 0 heterocycles. The topological polar surface area (TPSA) is 56.8 Å². The van der Waals surface area contributed by atoms with Crippen molar-refractivity contribution in [2.24, 2.45) is 0 Å². The predicted molar refractivity (Wildman–Crippen MR) is 61.3 cm³/mol. The van der Waals surface area contributed by atoms with Crippen LogP contribution in [0.4, 0.5) is 0 Å². The standard InChI is InChI=1S/C13H10N2O/c1-16-13-8-3-2-6-12(13)7-4-5-11(9-14)10-15/h2-8H,1H3/b7-4+. The molecule has 0 radical (unpaired) electrons. The molecule has 3 nitrogen and oxygen atoms in total. The van der Waals surface area contributed by atoms with E-state index in [1.54, 1.807) is 31.4 Å². The van der Waals surface area contributed by atoms with Gasteiger partial charge in [-0.05, 0) is 12.1 Å². The molecule has 0 aliphatic rings. The van der Waals surface area contributed by atoms with E-state index in [2.05, 4.69) is 0 Å². The van der Waals surface area contributed by atoms with Crippen molar-refractivity contribution in [3.8, 4) is 17.9 Å². The Hall–Kier alpha value is -2.52. The minimum absolute atomic E-state index is 0.0751. The summed E-state index contributed by atoms with van der Waals surface area (Å²) in [7, 11) is 1.60. The SMILES string of the molecule is COc1ccccc1/C=C/C=C(C#N)C#N.